The van der Waals surface area contributed by atoms with Crippen LogP contribution in [0.5, 0.6) is 0 Å². The predicted molar refractivity (Wildman–Crippen MR) is 69.4 cm³/mol. The van der Waals surface area contributed by atoms with Gasteiger partial charge in [-0.25, -0.2) is 0 Å². The van der Waals surface area contributed by atoms with Crippen LogP contribution in [0.2, 0.25) is 0 Å². The summed E-state index contributed by atoms with van der Waals surface area (Å²) in [5, 5.41) is 19.3. The molecule has 0 unspecified atom stereocenters. The lowest BCUT2D eigenvalue weighted by atomic mass is 10.1. The SMILES string of the molecule is CCCCC/C=C/[C@H](O)[C@@H](O)CCCCC. The summed E-state index contributed by atoms with van der Waals surface area (Å²) in [6.45, 7) is 4.31. The van der Waals surface area contributed by atoms with Crippen LogP contribution >= 0.6 is 0 Å². The van der Waals surface area contributed by atoms with E-state index in [1.54, 1.807) is 6.08 Å². The van der Waals surface area contributed by atoms with Gasteiger partial charge >= 0.3 is 0 Å². The monoisotopic (exact) mass is 228 g/mol. The van der Waals surface area contributed by atoms with Gasteiger partial charge in [0.2, 0.25) is 0 Å². The molecule has 0 saturated carbocycles. The van der Waals surface area contributed by atoms with Gasteiger partial charge in [0.1, 0.15) is 0 Å². The summed E-state index contributed by atoms with van der Waals surface area (Å²) in [5.41, 5.74) is 0. The Labute approximate surface area is 100 Å². The lowest BCUT2D eigenvalue weighted by Crippen LogP contribution is -2.23. The van der Waals surface area contributed by atoms with Crippen molar-refractivity contribution in [3.05, 3.63) is 12.2 Å². The molecule has 2 heteroatoms. The van der Waals surface area contributed by atoms with Gasteiger partial charge in [0.05, 0.1) is 12.2 Å². The first-order chi connectivity index (χ1) is 7.72. The van der Waals surface area contributed by atoms with Crippen LogP contribution in [0.4, 0.5) is 0 Å². The molecule has 0 rings (SSSR count). The second-order valence-electron chi connectivity index (χ2n) is 4.48. The Morgan fingerprint density at radius 3 is 2.19 bits per heavy atom. The predicted octanol–water partition coefficient (Wildman–Crippen LogP) is 3.43. The summed E-state index contributed by atoms with van der Waals surface area (Å²) < 4.78 is 0. The van der Waals surface area contributed by atoms with E-state index in [2.05, 4.69) is 13.8 Å². The highest BCUT2D eigenvalue weighted by Crippen LogP contribution is 2.08. The molecule has 2 nitrogen and oxygen atoms in total. The van der Waals surface area contributed by atoms with E-state index in [1.165, 1.54) is 19.3 Å². The molecular formula is C14H28O2. The fourth-order valence-corrected chi connectivity index (χ4v) is 1.65. The van der Waals surface area contributed by atoms with E-state index in [0.717, 1.165) is 25.7 Å². The minimum absolute atomic E-state index is 0.589. The largest absolute Gasteiger partial charge is 0.390 e. The maximum absolute atomic E-state index is 9.65. The molecule has 16 heavy (non-hydrogen) atoms. The van der Waals surface area contributed by atoms with Crippen LogP contribution in [0.1, 0.15) is 65.2 Å². The highest BCUT2D eigenvalue weighted by atomic mass is 16.3. The summed E-state index contributed by atoms with van der Waals surface area (Å²) in [4.78, 5) is 0. The van der Waals surface area contributed by atoms with Gasteiger partial charge in [0.25, 0.3) is 0 Å². The first-order valence-electron chi connectivity index (χ1n) is 6.75. The van der Waals surface area contributed by atoms with Gasteiger partial charge in [-0.05, 0) is 19.3 Å². The molecule has 2 atom stereocenters. The lowest BCUT2D eigenvalue weighted by Gasteiger charge is -2.13. The minimum Gasteiger partial charge on any atom is -0.390 e. The molecule has 0 spiro atoms. The minimum atomic E-state index is -0.682. The van der Waals surface area contributed by atoms with Crippen LogP contribution < -0.4 is 0 Å². The van der Waals surface area contributed by atoms with Crippen molar-refractivity contribution in [2.45, 2.75) is 77.4 Å². The molecule has 0 radical (unpaired) electrons. The van der Waals surface area contributed by atoms with Gasteiger partial charge in [-0.15, -0.1) is 0 Å². The number of unbranched alkanes of at least 4 members (excludes halogenated alkanes) is 5. The summed E-state index contributed by atoms with van der Waals surface area (Å²) >= 11 is 0. The molecule has 0 heterocycles. The van der Waals surface area contributed by atoms with Gasteiger partial charge in [0.15, 0.2) is 0 Å². The lowest BCUT2D eigenvalue weighted by molar-refractivity contribution is 0.0414. The Kier molecular flexibility index (Phi) is 10.9. The van der Waals surface area contributed by atoms with Gasteiger partial charge in [0, 0.05) is 0 Å². The molecule has 0 aromatic rings. The van der Waals surface area contributed by atoms with Crippen LogP contribution in [0.3, 0.4) is 0 Å². The Bertz CT molecular complexity index is 166. The Morgan fingerprint density at radius 1 is 0.938 bits per heavy atom. The molecule has 0 amide bonds. The molecule has 2 N–H and O–H groups in total. The zero-order chi connectivity index (χ0) is 12.2. The van der Waals surface area contributed by atoms with Crippen LogP contribution in [0.25, 0.3) is 0 Å². The van der Waals surface area contributed by atoms with Gasteiger partial charge < -0.3 is 10.2 Å². The van der Waals surface area contributed by atoms with E-state index < -0.39 is 12.2 Å². The van der Waals surface area contributed by atoms with Gasteiger partial charge in [-0.1, -0.05) is 58.1 Å². The molecule has 96 valence electrons. The van der Waals surface area contributed by atoms with E-state index in [1.807, 2.05) is 6.08 Å². The van der Waals surface area contributed by atoms with Crippen LogP contribution in [-0.2, 0) is 0 Å². The summed E-state index contributed by atoms with van der Waals surface area (Å²) in [6, 6.07) is 0. The Hall–Kier alpha value is -0.340. The van der Waals surface area contributed by atoms with Crippen molar-refractivity contribution in [3.8, 4) is 0 Å². The van der Waals surface area contributed by atoms with Crippen molar-refractivity contribution in [3.63, 3.8) is 0 Å². The van der Waals surface area contributed by atoms with Crippen LogP contribution in [0, 0.1) is 0 Å². The normalized spacial score (nSPS) is 15.5. The quantitative estimate of drug-likeness (QED) is 0.444. The van der Waals surface area contributed by atoms with Crippen LogP contribution in [-0.4, -0.2) is 22.4 Å². The smallest absolute Gasteiger partial charge is 0.0979 e. The zero-order valence-electron chi connectivity index (χ0n) is 10.9. The number of hydrogen-bond acceptors (Lipinski definition) is 2. The topological polar surface area (TPSA) is 40.5 Å². The number of hydrogen-bond donors (Lipinski definition) is 2. The van der Waals surface area contributed by atoms with Crippen molar-refractivity contribution in [1.29, 1.82) is 0 Å². The van der Waals surface area contributed by atoms with E-state index in [4.69, 9.17) is 0 Å². The fourth-order valence-electron chi connectivity index (χ4n) is 1.65. The second kappa shape index (κ2) is 11.2. The summed E-state index contributed by atoms with van der Waals surface area (Å²) in [7, 11) is 0. The Balaban J connectivity index is 3.56. The first kappa shape index (κ1) is 15.7. The van der Waals surface area contributed by atoms with Crippen molar-refractivity contribution in [1.82, 2.24) is 0 Å². The first-order valence-corrected chi connectivity index (χ1v) is 6.75. The van der Waals surface area contributed by atoms with Crippen molar-refractivity contribution < 1.29 is 10.2 Å². The molecule has 0 aliphatic rings. The average Bonchev–Trinajstić information content (AvgIpc) is 2.28. The van der Waals surface area contributed by atoms with Gasteiger partial charge in [-0.3, -0.25) is 0 Å². The molecule has 0 aliphatic carbocycles. The third kappa shape index (κ3) is 8.93. The van der Waals surface area contributed by atoms with Gasteiger partial charge in [-0.2, -0.15) is 0 Å². The fraction of sp³-hybridized carbons (Fsp3) is 0.857. The second-order valence-corrected chi connectivity index (χ2v) is 4.48. The third-order valence-corrected chi connectivity index (χ3v) is 2.81. The highest BCUT2D eigenvalue weighted by molar-refractivity contribution is 4.92. The number of aliphatic hydroxyl groups excluding tert-OH is 2. The molecule has 0 aromatic carbocycles. The van der Waals surface area contributed by atoms with E-state index >= 15 is 0 Å². The highest BCUT2D eigenvalue weighted by Gasteiger charge is 2.11. The molecule has 0 bridgehead atoms. The molecule has 0 aliphatic heterocycles. The summed E-state index contributed by atoms with van der Waals surface area (Å²) in [5.74, 6) is 0. The van der Waals surface area contributed by atoms with Crippen molar-refractivity contribution in [2.75, 3.05) is 0 Å². The number of rotatable bonds is 10. The zero-order valence-corrected chi connectivity index (χ0v) is 10.9. The summed E-state index contributed by atoms with van der Waals surface area (Å²) in [6.07, 6.45) is 11.1. The molecule has 0 saturated heterocycles. The van der Waals surface area contributed by atoms with Crippen molar-refractivity contribution >= 4 is 0 Å². The molecular weight excluding hydrogens is 200 g/mol. The maximum Gasteiger partial charge on any atom is 0.0979 e. The number of allylic oxidation sites excluding steroid dienone is 1. The van der Waals surface area contributed by atoms with Crippen molar-refractivity contribution in [2.24, 2.45) is 0 Å². The molecule has 0 aromatic heterocycles. The average molecular weight is 228 g/mol. The number of aliphatic hydroxyl groups is 2. The molecule has 0 fully saturated rings. The van der Waals surface area contributed by atoms with E-state index in [9.17, 15) is 10.2 Å². The van der Waals surface area contributed by atoms with Crippen LogP contribution in [0.15, 0.2) is 12.2 Å². The Morgan fingerprint density at radius 2 is 1.56 bits per heavy atom. The van der Waals surface area contributed by atoms with E-state index in [0.29, 0.717) is 6.42 Å². The maximum atomic E-state index is 9.65. The third-order valence-electron chi connectivity index (χ3n) is 2.81. The van der Waals surface area contributed by atoms with E-state index in [-0.39, 0.29) is 0 Å². The standard InChI is InChI=1S/C14H28O2/c1-3-5-7-8-10-12-14(16)13(15)11-9-6-4-2/h10,12-16H,3-9,11H2,1-2H3/b12-10+/t13-,14-/m0/s1.